The summed E-state index contributed by atoms with van der Waals surface area (Å²) in [5, 5.41) is 4.32. The van der Waals surface area contributed by atoms with E-state index in [2.05, 4.69) is 15.0 Å². The Morgan fingerprint density at radius 3 is 2.43 bits per heavy atom. The Balaban J connectivity index is 1.39. The Morgan fingerprint density at radius 1 is 1.03 bits per heavy atom. The second-order valence-electron chi connectivity index (χ2n) is 7.11. The fourth-order valence-corrected chi connectivity index (χ4v) is 5.44. The fourth-order valence-electron chi connectivity index (χ4n) is 3.28. The average Bonchev–Trinajstić information content (AvgIpc) is 3.19. The number of hydrogen-bond donors (Lipinski definition) is 0. The third-order valence-corrected chi connectivity index (χ3v) is 7.87. The first kappa shape index (κ1) is 21.3. The van der Waals surface area contributed by atoms with Gasteiger partial charge in [0.2, 0.25) is 21.7 Å². The Hall–Kier alpha value is -1.97. The van der Waals surface area contributed by atoms with Crippen LogP contribution in [0.3, 0.4) is 0 Å². The first-order chi connectivity index (χ1) is 14.3. The molecule has 0 N–H and O–H groups in total. The summed E-state index contributed by atoms with van der Waals surface area (Å²) in [5.41, 5.74) is 2.05. The van der Waals surface area contributed by atoms with Crippen LogP contribution in [0.1, 0.15) is 11.5 Å². The Morgan fingerprint density at radius 2 is 1.73 bits per heavy atom. The van der Waals surface area contributed by atoms with Crippen LogP contribution in [0, 0.1) is 6.92 Å². The van der Waals surface area contributed by atoms with Crippen LogP contribution in [0.25, 0.3) is 11.4 Å². The van der Waals surface area contributed by atoms with Gasteiger partial charge in [0.1, 0.15) is 4.90 Å². The predicted molar refractivity (Wildman–Crippen MR) is 115 cm³/mol. The van der Waals surface area contributed by atoms with Gasteiger partial charge in [-0.1, -0.05) is 64.3 Å². The molecule has 1 aliphatic heterocycles. The molecule has 4 rings (SSSR count). The molecule has 2 aromatic carbocycles. The molecule has 1 aromatic heterocycles. The van der Waals surface area contributed by atoms with Crippen molar-refractivity contribution < 1.29 is 12.9 Å². The molecule has 1 aliphatic rings. The van der Waals surface area contributed by atoms with Crippen LogP contribution in [0.5, 0.6) is 0 Å². The van der Waals surface area contributed by atoms with E-state index >= 15 is 0 Å². The smallest absolute Gasteiger partial charge is 0.244 e. The number of aryl methyl sites for hydroxylation is 1. The summed E-state index contributed by atoms with van der Waals surface area (Å²) in [6, 6.07) is 12.5. The highest BCUT2D eigenvalue weighted by Gasteiger charge is 2.31. The molecule has 10 heteroatoms. The van der Waals surface area contributed by atoms with Crippen molar-refractivity contribution in [1.29, 1.82) is 0 Å². The summed E-state index contributed by atoms with van der Waals surface area (Å²) in [5.74, 6) is 1.04. The number of piperazine rings is 1. The maximum absolute atomic E-state index is 12.9. The highest BCUT2D eigenvalue weighted by Crippen LogP contribution is 2.31. The minimum Gasteiger partial charge on any atom is -0.338 e. The van der Waals surface area contributed by atoms with Gasteiger partial charge in [0.15, 0.2) is 0 Å². The van der Waals surface area contributed by atoms with Crippen molar-refractivity contribution in [2.45, 2.75) is 18.4 Å². The van der Waals surface area contributed by atoms with Crippen molar-refractivity contribution >= 4 is 33.2 Å². The van der Waals surface area contributed by atoms with E-state index in [1.165, 1.54) is 10.4 Å². The minimum absolute atomic E-state index is 0.0322. The molecule has 2 heterocycles. The van der Waals surface area contributed by atoms with E-state index in [4.69, 9.17) is 27.7 Å². The van der Waals surface area contributed by atoms with Crippen molar-refractivity contribution in [3.05, 3.63) is 64.0 Å². The van der Waals surface area contributed by atoms with Gasteiger partial charge in [-0.15, -0.1) is 0 Å². The average molecular weight is 467 g/mol. The number of aromatic nitrogens is 2. The molecular formula is C20H20Cl2N4O3S. The van der Waals surface area contributed by atoms with E-state index in [0.29, 0.717) is 44.4 Å². The number of sulfonamides is 1. The molecule has 0 radical (unpaired) electrons. The third-order valence-electron chi connectivity index (χ3n) is 5.00. The van der Waals surface area contributed by atoms with Gasteiger partial charge < -0.3 is 4.52 Å². The molecule has 0 amide bonds. The van der Waals surface area contributed by atoms with Gasteiger partial charge in [-0.05, 0) is 19.1 Å². The SMILES string of the molecule is Cc1ccc(-c2noc(CN3CCN(S(=O)(=O)c4cccc(Cl)c4Cl)CC3)n2)cc1. The lowest BCUT2D eigenvalue weighted by molar-refractivity contribution is 0.163. The second kappa shape index (κ2) is 8.64. The van der Waals surface area contributed by atoms with E-state index in [9.17, 15) is 8.42 Å². The van der Waals surface area contributed by atoms with Gasteiger partial charge >= 0.3 is 0 Å². The highest BCUT2D eigenvalue weighted by atomic mass is 35.5. The second-order valence-corrected chi connectivity index (χ2v) is 9.80. The van der Waals surface area contributed by atoms with Crippen LogP contribution in [0.4, 0.5) is 0 Å². The lowest BCUT2D eigenvalue weighted by atomic mass is 10.1. The van der Waals surface area contributed by atoms with Gasteiger partial charge in [-0.3, -0.25) is 4.90 Å². The van der Waals surface area contributed by atoms with Crippen LogP contribution in [0.2, 0.25) is 10.0 Å². The summed E-state index contributed by atoms with van der Waals surface area (Å²) in [6.45, 7) is 4.24. The summed E-state index contributed by atoms with van der Waals surface area (Å²) < 4.78 is 32.7. The quantitative estimate of drug-likeness (QED) is 0.567. The topological polar surface area (TPSA) is 79.5 Å². The van der Waals surface area contributed by atoms with Crippen molar-refractivity contribution in [3.8, 4) is 11.4 Å². The molecule has 3 aromatic rings. The van der Waals surface area contributed by atoms with Crippen LogP contribution in [0.15, 0.2) is 51.9 Å². The predicted octanol–water partition coefficient (Wildman–Crippen LogP) is 3.86. The van der Waals surface area contributed by atoms with E-state index in [-0.39, 0.29) is 14.9 Å². The molecule has 0 atom stereocenters. The molecule has 0 aliphatic carbocycles. The summed E-state index contributed by atoms with van der Waals surface area (Å²) in [6.07, 6.45) is 0. The van der Waals surface area contributed by atoms with Gasteiger partial charge in [-0.2, -0.15) is 9.29 Å². The van der Waals surface area contributed by atoms with Crippen molar-refractivity contribution in [2.75, 3.05) is 26.2 Å². The maximum Gasteiger partial charge on any atom is 0.244 e. The first-order valence-corrected chi connectivity index (χ1v) is 11.6. The molecular weight excluding hydrogens is 447 g/mol. The van der Waals surface area contributed by atoms with Crippen LogP contribution in [-0.4, -0.2) is 53.9 Å². The molecule has 7 nitrogen and oxygen atoms in total. The fraction of sp³-hybridized carbons (Fsp3) is 0.300. The molecule has 1 saturated heterocycles. The lowest BCUT2D eigenvalue weighted by Gasteiger charge is -2.33. The van der Waals surface area contributed by atoms with E-state index in [1.54, 1.807) is 12.1 Å². The highest BCUT2D eigenvalue weighted by molar-refractivity contribution is 7.89. The molecule has 0 bridgehead atoms. The van der Waals surface area contributed by atoms with Gasteiger partial charge in [-0.25, -0.2) is 8.42 Å². The number of benzene rings is 2. The molecule has 158 valence electrons. The largest absolute Gasteiger partial charge is 0.338 e. The van der Waals surface area contributed by atoms with Gasteiger partial charge in [0.05, 0.1) is 16.6 Å². The van der Waals surface area contributed by atoms with Crippen molar-refractivity contribution in [2.24, 2.45) is 0 Å². The maximum atomic E-state index is 12.9. The van der Waals surface area contributed by atoms with Crippen LogP contribution < -0.4 is 0 Å². The summed E-state index contributed by atoms with van der Waals surface area (Å²) in [7, 11) is -3.71. The Kier molecular flexibility index (Phi) is 6.13. The Labute approximate surface area is 185 Å². The van der Waals surface area contributed by atoms with Gasteiger partial charge in [0.25, 0.3) is 0 Å². The zero-order chi connectivity index (χ0) is 21.3. The first-order valence-electron chi connectivity index (χ1n) is 9.41. The molecule has 0 unspecified atom stereocenters. The molecule has 0 spiro atoms. The standard InChI is InChI=1S/C20H20Cl2N4O3S/c1-14-5-7-15(8-6-14)20-23-18(29-24-20)13-25-9-11-26(12-10-25)30(27,28)17-4-2-3-16(21)19(17)22/h2-8H,9-13H2,1H3. The van der Waals surface area contributed by atoms with Crippen LogP contribution in [-0.2, 0) is 16.6 Å². The zero-order valence-corrected chi connectivity index (χ0v) is 18.6. The number of nitrogens with zero attached hydrogens (tertiary/aromatic N) is 4. The minimum atomic E-state index is -3.71. The number of rotatable bonds is 5. The monoisotopic (exact) mass is 466 g/mol. The van der Waals surface area contributed by atoms with Crippen molar-refractivity contribution in [3.63, 3.8) is 0 Å². The normalized spacial score (nSPS) is 16.1. The van der Waals surface area contributed by atoms with Crippen LogP contribution >= 0.6 is 23.2 Å². The molecule has 1 fully saturated rings. The molecule has 30 heavy (non-hydrogen) atoms. The van der Waals surface area contributed by atoms with Gasteiger partial charge in [0, 0.05) is 31.7 Å². The van der Waals surface area contributed by atoms with E-state index in [1.807, 2.05) is 31.2 Å². The number of halogens is 2. The zero-order valence-electron chi connectivity index (χ0n) is 16.3. The number of hydrogen-bond acceptors (Lipinski definition) is 6. The Bertz CT molecular complexity index is 1140. The van der Waals surface area contributed by atoms with E-state index in [0.717, 1.165) is 11.1 Å². The third kappa shape index (κ3) is 4.38. The summed E-state index contributed by atoms with van der Waals surface area (Å²) >= 11 is 12.1. The lowest BCUT2D eigenvalue weighted by Crippen LogP contribution is -2.48. The van der Waals surface area contributed by atoms with Crippen molar-refractivity contribution in [1.82, 2.24) is 19.3 Å². The van der Waals surface area contributed by atoms with E-state index < -0.39 is 10.0 Å². The molecule has 0 saturated carbocycles. The summed E-state index contributed by atoms with van der Waals surface area (Å²) in [4.78, 5) is 6.57.